The molecule has 5 heterocycles. The van der Waals surface area contributed by atoms with Crippen LogP contribution in [0.1, 0.15) is 11.1 Å². The highest BCUT2D eigenvalue weighted by atomic mass is 16.5. The SMILES string of the molecule is Cc1cc(C)c2c(c1)Oc1c3c4c5c(c1-c1ccccc1)Oc1ccccc1B5c1ccccc1N4c1ccc(-c4cccc5c4oc4ccccc45)cc1B23. The lowest BCUT2D eigenvalue weighted by atomic mass is 9.29. The van der Waals surface area contributed by atoms with Gasteiger partial charge < -0.3 is 18.8 Å². The summed E-state index contributed by atoms with van der Waals surface area (Å²) in [6, 6.07) is 54.5. The number of ether oxygens (including phenoxy) is 2. The fourth-order valence-corrected chi connectivity index (χ4v) is 10.4. The van der Waals surface area contributed by atoms with E-state index in [4.69, 9.17) is 13.9 Å². The van der Waals surface area contributed by atoms with Crippen molar-refractivity contribution in [1.82, 2.24) is 0 Å². The number of hydrogen-bond donors (Lipinski definition) is 0. The molecule has 0 saturated heterocycles. The van der Waals surface area contributed by atoms with Crippen molar-refractivity contribution in [2.45, 2.75) is 13.8 Å². The van der Waals surface area contributed by atoms with Crippen molar-refractivity contribution in [3.8, 4) is 45.3 Å². The second-order valence-electron chi connectivity index (χ2n) is 15.6. The van der Waals surface area contributed by atoms with Crippen LogP contribution in [0, 0.1) is 13.8 Å². The minimum atomic E-state index is -0.0960. The monoisotopic (exact) mass is 715 g/mol. The van der Waals surface area contributed by atoms with Gasteiger partial charge in [0.15, 0.2) is 0 Å². The predicted octanol–water partition coefficient (Wildman–Crippen LogP) is 8.88. The van der Waals surface area contributed by atoms with Crippen LogP contribution in [0.5, 0.6) is 23.0 Å². The summed E-state index contributed by atoms with van der Waals surface area (Å²) in [5.41, 5.74) is 19.3. The Morgan fingerprint density at radius 1 is 0.500 bits per heavy atom. The van der Waals surface area contributed by atoms with Crippen LogP contribution in [0.4, 0.5) is 17.1 Å². The number of anilines is 3. The first-order valence-corrected chi connectivity index (χ1v) is 19.4. The third-order valence-corrected chi connectivity index (χ3v) is 12.5. The number of para-hydroxylation sites is 4. The topological polar surface area (TPSA) is 34.8 Å². The van der Waals surface area contributed by atoms with Crippen LogP contribution >= 0.6 is 0 Å². The minimum Gasteiger partial charge on any atom is -0.458 e. The Balaban J connectivity index is 1.18. The molecule has 8 aromatic carbocycles. The number of hydrogen-bond acceptors (Lipinski definition) is 4. The highest BCUT2D eigenvalue weighted by molar-refractivity contribution is 7.04. The number of furan rings is 1. The van der Waals surface area contributed by atoms with Crippen LogP contribution in [0.3, 0.4) is 0 Å². The number of nitrogens with zero attached hydrogens (tertiary/aromatic N) is 1. The summed E-state index contributed by atoms with van der Waals surface area (Å²) in [5.74, 6) is 3.52. The predicted molar refractivity (Wildman–Crippen MR) is 231 cm³/mol. The van der Waals surface area contributed by atoms with Crippen molar-refractivity contribution in [3.63, 3.8) is 0 Å². The Hall–Kier alpha value is -6.91. The molecule has 4 aliphatic heterocycles. The highest BCUT2D eigenvalue weighted by Gasteiger charge is 2.52. The first-order valence-electron chi connectivity index (χ1n) is 19.4. The van der Waals surface area contributed by atoms with Crippen LogP contribution < -0.4 is 47.2 Å². The number of benzene rings is 8. The van der Waals surface area contributed by atoms with Gasteiger partial charge >= 0.3 is 0 Å². The molecule has 0 N–H and O–H groups in total. The molecule has 0 amide bonds. The van der Waals surface area contributed by atoms with Crippen molar-refractivity contribution in [3.05, 3.63) is 163 Å². The fraction of sp³-hybridized carbons (Fsp3) is 0.0400. The van der Waals surface area contributed by atoms with Gasteiger partial charge in [-0.25, -0.2) is 0 Å². The van der Waals surface area contributed by atoms with E-state index in [0.29, 0.717) is 0 Å². The van der Waals surface area contributed by atoms with Gasteiger partial charge in [0, 0.05) is 33.4 Å². The Kier molecular flexibility index (Phi) is 5.90. The maximum absolute atomic E-state index is 7.32. The largest absolute Gasteiger partial charge is 0.458 e. The number of fused-ring (bicyclic) bond motifs is 13. The summed E-state index contributed by atoms with van der Waals surface area (Å²) in [6.45, 7) is 4.29. The van der Waals surface area contributed by atoms with Gasteiger partial charge in [0.1, 0.15) is 34.2 Å². The molecule has 4 aliphatic rings. The first-order chi connectivity index (χ1) is 27.6. The van der Waals surface area contributed by atoms with E-state index >= 15 is 0 Å². The van der Waals surface area contributed by atoms with Crippen LogP contribution in [0.2, 0.25) is 0 Å². The molecule has 1 aromatic heterocycles. The zero-order chi connectivity index (χ0) is 36.8. The molecular weight excluding hydrogens is 684 g/mol. The summed E-state index contributed by atoms with van der Waals surface area (Å²) in [7, 11) is 0. The lowest BCUT2D eigenvalue weighted by molar-refractivity contribution is 0.468. The summed E-state index contributed by atoms with van der Waals surface area (Å²) < 4.78 is 21.1. The molecule has 0 radical (unpaired) electrons. The molecule has 13 rings (SSSR count). The van der Waals surface area contributed by atoms with Crippen molar-refractivity contribution in [2.24, 2.45) is 0 Å². The Morgan fingerprint density at radius 2 is 1.21 bits per heavy atom. The second kappa shape index (κ2) is 10.9. The molecule has 0 bridgehead atoms. The van der Waals surface area contributed by atoms with Crippen LogP contribution in [0.25, 0.3) is 44.2 Å². The lowest BCUT2D eigenvalue weighted by Crippen LogP contribution is -2.67. The van der Waals surface area contributed by atoms with Gasteiger partial charge in [-0.15, -0.1) is 0 Å². The van der Waals surface area contributed by atoms with Crippen LogP contribution in [-0.2, 0) is 0 Å². The summed E-state index contributed by atoms with van der Waals surface area (Å²) in [5, 5.41) is 2.26. The highest BCUT2D eigenvalue weighted by Crippen LogP contribution is 2.51. The van der Waals surface area contributed by atoms with Gasteiger partial charge in [0.2, 0.25) is 0 Å². The first kappa shape index (κ1) is 30.4. The molecule has 0 saturated carbocycles. The zero-order valence-electron chi connectivity index (χ0n) is 30.8. The molecule has 4 nitrogen and oxygen atoms in total. The molecule has 0 fully saturated rings. The third-order valence-electron chi connectivity index (χ3n) is 12.5. The van der Waals surface area contributed by atoms with E-state index < -0.39 is 0 Å². The fourth-order valence-electron chi connectivity index (χ4n) is 10.4. The Bertz CT molecular complexity index is 3200. The van der Waals surface area contributed by atoms with Crippen molar-refractivity contribution in [1.29, 1.82) is 0 Å². The Morgan fingerprint density at radius 3 is 2.11 bits per heavy atom. The van der Waals surface area contributed by atoms with Crippen LogP contribution in [-0.4, -0.2) is 13.4 Å². The maximum atomic E-state index is 7.32. The molecular formula is C50H31B2NO3. The maximum Gasteiger partial charge on any atom is 0.256 e. The molecule has 0 spiro atoms. The molecule has 9 aromatic rings. The van der Waals surface area contributed by atoms with E-state index in [2.05, 4.69) is 164 Å². The average Bonchev–Trinajstić information content (AvgIpc) is 3.62. The standard InChI is InChI=1S/C50H31B2NO3/c1-28-25-29(2)44-42(26-28)56-50-43(30-13-4-3-5-14-30)49-45-47-46(50)52(44)37-27-31(32-16-12-17-34-33-15-6-10-21-40(33)54-48(32)34)23-24-39(37)53(47)38-20-9-7-18-35(38)51(45)36-19-8-11-22-41(36)55-49/h3-27H,1-2H3. The number of aryl methyl sites for hydroxylation is 2. The van der Waals surface area contributed by atoms with Crippen molar-refractivity contribution >= 4 is 85.2 Å². The van der Waals surface area contributed by atoms with Gasteiger partial charge in [0.05, 0.1) is 5.56 Å². The smallest absolute Gasteiger partial charge is 0.256 e. The van der Waals surface area contributed by atoms with Gasteiger partial charge in [-0.2, -0.15) is 0 Å². The average molecular weight is 715 g/mol. The zero-order valence-corrected chi connectivity index (χ0v) is 30.8. The molecule has 0 atom stereocenters. The van der Waals surface area contributed by atoms with E-state index in [1.165, 1.54) is 61.0 Å². The van der Waals surface area contributed by atoms with Gasteiger partial charge in [-0.3, -0.25) is 0 Å². The van der Waals surface area contributed by atoms with Crippen molar-refractivity contribution in [2.75, 3.05) is 4.90 Å². The molecule has 260 valence electrons. The minimum absolute atomic E-state index is 0.0159. The molecule has 56 heavy (non-hydrogen) atoms. The normalized spacial score (nSPS) is 13.7. The van der Waals surface area contributed by atoms with Crippen molar-refractivity contribution < 1.29 is 13.9 Å². The number of rotatable bonds is 2. The van der Waals surface area contributed by atoms with E-state index in [1.807, 2.05) is 6.07 Å². The van der Waals surface area contributed by atoms with Gasteiger partial charge in [-0.05, 0) is 93.6 Å². The van der Waals surface area contributed by atoms with E-state index in [0.717, 1.165) is 67.2 Å². The molecule has 6 heteroatoms. The molecule has 0 unspecified atom stereocenters. The van der Waals surface area contributed by atoms with Crippen LogP contribution in [0.15, 0.2) is 156 Å². The molecule has 0 aliphatic carbocycles. The third kappa shape index (κ3) is 3.85. The summed E-state index contributed by atoms with van der Waals surface area (Å²) in [4.78, 5) is 2.50. The summed E-state index contributed by atoms with van der Waals surface area (Å²) in [6.07, 6.45) is 0. The lowest BCUT2D eigenvalue weighted by Gasteiger charge is -2.48. The van der Waals surface area contributed by atoms with E-state index in [-0.39, 0.29) is 13.4 Å². The van der Waals surface area contributed by atoms with E-state index in [1.54, 1.807) is 0 Å². The second-order valence-corrected chi connectivity index (χ2v) is 15.6. The van der Waals surface area contributed by atoms with E-state index in [9.17, 15) is 0 Å². The van der Waals surface area contributed by atoms with Gasteiger partial charge in [0.25, 0.3) is 13.4 Å². The van der Waals surface area contributed by atoms with Gasteiger partial charge in [-0.1, -0.05) is 127 Å². The summed E-state index contributed by atoms with van der Waals surface area (Å²) >= 11 is 0. The quantitative estimate of drug-likeness (QED) is 0.168. The Labute approximate surface area is 324 Å².